The van der Waals surface area contributed by atoms with E-state index in [-0.39, 0.29) is 18.5 Å². The van der Waals surface area contributed by atoms with Crippen LogP contribution in [0.5, 0.6) is 0 Å². The standard InChI is InChI=1S/C79H151NO5/c1-3-5-7-9-11-13-15-17-19-21-23-36-39-43-47-51-55-59-63-67-71-77(82)76(75-81)80-78(83)72-68-64-60-56-52-48-44-40-37-33-31-29-27-25-24-26-28-30-32-34-38-42-46-50-54-58-62-66-70-74-85-79(84)73-69-65-61-57-53-49-45-41-35-22-20-18-16-14-12-10-8-6-4-2/h12,14,18,20,67,71,76-77,81-82H,3-11,13,15-17,19,21-66,68-70,72-75H2,1-2H3,(H,80,83)/b14-12-,20-18-,71-67+. The first-order valence-corrected chi connectivity index (χ1v) is 38.8. The quantitative estimate of drug-likeness (QED) is 0.0320. The molecule has 502 valence electrons. The summed E-state index contributed by atoms with van der Waals surface area (Å²) in [6.45, 7) is 4.92. The largest absolute Gasteiger partial charge is 0.466 e. The Bertz CT molecular complexity index is 1380. The average molecular weight is 1200 g/mol. The molecule has 0 aromatic heterocycles. The van der Waals surface area contributed by atoms with E-state index >= 15 is 0 Å². The molecule has 6 heteroatoms. The smallest absolute Gasteiger partial charge is 0.305 e. The lowest BCUT2D eigenvalue weighted by Gasteiger charge is -2.20. The second-order valence-corrected chi connectivity index (χ2v) is 26.7. The Kier molecular flexibility index (Phi) is 72.9. The van der Waals surface area contributed by atoms with Crippen molar-refractivity contribution in [1.29, 1.82) is 0 Å². The molecule has 1 amide bonds. The van der Waals surface area contributed by atoms with Gasteiger partial charge in [0.25, 0.3) is 0 Å². The zero-order valence-corrected chi connectivity index (χ0v) is 57.6. The number of ether oxygens (including phenoxy) is 1. The van der Waals surface area contributed by atoms with E-state index in [0.717, 1.165) is 51.4 Å². The van der Waals surface area contributed by atoms with Crippen LogP contribution in [-0.4, -0.2) is 47.4 Å². The number of amides is 1. The number of esters is 1. The summed E-state index contributed by atoms with van der Waals surface area (Å²) in [5.41, 5.74) is 0. The van der Waals surface area contributed by atoms with E-state index in [9.17, 15) is 19.8 Å². The van der Waals surface area contributed by atoms with Crippen molar-refractivity contribution in [3.8, 4) is 0 Å². The zero-order valence-electron chi connectivity index (χ0n) is 57.6. The van der Waals surface area contributed by atoms with Gasteiger partial charge in [-0.25, -0.2) is 0 Å². The highest BCUT2D eigenvalue weighted by molar-refractivity contribution is 5.76. The zero-order chi connectivity index (χ0) is 61.3. The van der Waals surface area contributed by atoms with Gasteiger partial charge in [0.05, 0.1) is 25.4 Å². The summed E-state index contributed by atoms with van der Waals surface area (Å²) in [5.74, 6) is -0.0442. The van der Waals surface area contributed by atoms with Gasteiger partial charge in [-0.1, -0.05) is 391 Å². The van der Waals surface area contributed by atoms with Crippen molar-refractivity contribution in [1.82, 2.24) is 5.32 Å². The molecule has 0 rings (SSSR count). The monoisotopic (exact) mass is 1190 g/mol. The van der Waals surface area contributed by atoms with Gasteiger partial charge in [-0.2, -0.15) is 0 Å². The molecule has 3 N–H and O–H groups in total. The third-order valence-electron chi connectivity index (χ3n) is 18.2. The van der Waals surface area contributed by atoms with Crippen molar-refractivity contribution >= 4 is 11.9 Å². The predicted molar refractivity (Wildman–Crippen MR) is 375 cm³/mol. The molecule has 0 saturated heterocycles. The number of allylic oxidation sites excluding steroid dienone is 5. The summed E-state index contributed by atoms with van der Waals surface area (Å²) >= 11 is 0. The van der Waals surface area contributed by atoms with Crippen molar-refractivity contribution in [3.63, 3.8) is 0 Å². The first-order valence-electron chi connectivity index (χ1n) is 38.8. The van der Waals surface area contributed by atoms with Crippen LogP contribution in [0, 0.1) is 0 Å². The maximum atomic E-state index is 12.5. The molecule has 6 nitrogen and oxygen atoms in total. The molecule has 0 heterocycles. The lowest BCUT2D eigenvalue weighted by atomic mass is 10.0. The SMILES string of the molecule is CCCCC/C=C\C/C=C\CCCCCCCCCCCC(=O)OCCCCCCCCCCCCCCCCCCCCCCCCCCCCCCCC(=O)NC(CO)C(O)/C=C/CCCCCCCCCCCCCCCCCCCC. The Balaban J connectivity index is 3.35. The number of rotatable bonds is 73. The molecular weight excluding hydrogens is 1040 g/mol. The van der Waals surface area contributed by atoms with Gasteiger partial charge in [0.2, 0.25) is 5.91 Å². The van der Waals surface area contributed by atoms with Crippen molar-refractivity contribution < 1.29 is 24.5 Å². The van der Waals surface area contributed by atoms with E-state index in [1.165, 1.54) is 353 Å². The summed E-state index contributed by atoms with van der Waals surface area (Å²) < 4.78 is 5.51. The molecular formula is C79H151NO5. The Morgan fingerprint density at radius 1 is 0.329 bits per heavy atom. The van der Waals surface area contributed by atoms with Gasteiger partial charge in [0.15, 0.2) is 0 Å². The van der Waals surface area contributed by atoms with Crippen molar-refractivity contribution in [3.05, 3.63) is 36.5 Å². The molecule has 0 aromatic rings. The molecule has 0 fully saturated rings. The molecule has 0 saturated carbocycles. The number of nitrogens with one attached hydrogen (secondary N) is 1. The van der Waals surface area contributed by atoms with Crippen LogP contribution in [0.25, 0.3) is 0 Å². The molecule has 0 aliphatic carbocycles. The van der Waals surface area contributed by atoms with Gasteiger partial charge in [0, 0.05) is 12.8 Å². The van der Waals surface area contributed by atoms with Crippen LogP contribution >= 0.6 is 0 Å². The minimum absolute atomic E-state index is 0.0161. The summed E-state index contributed by atoms with van der Waals surface area (Å²) in [6, 6.07) is -0.626. The fourth-order valence-electron chi connectivity index (χ4n) is 12.3. The summed E-state index contributed by atoms with van der Waals surface area (Å²) in [4.78, 5) is 24.7. The lowest BCUT2D eigenvalue weighted by molar-refractivity contribution is -0.143. The van der Waals surface area contributed by atoms with E-state index in [1.807, 2.05) is 6.08 Å². The van der Waals surface area contributed by atoms with Crippen LogP contribution in [0.1, 0.15) is 431 Å². The normalized spacial score (nSPS) is 12.7. The molecule has 0 aliphatic heterocycles. The number of aliphatic hydroxyl groups excluding tert-OH is 2. The average Bonchev–Trinajstić information content (AvgIpc) is 3.50. The minimum Gasteiger partial charge on any atom is -0.466 e. The second-order valence-electron chi connectivity index (χ2n) is 26.7. The van der Waals surface area contributed by atoms with Crippen LogP contribution in [0.2, 0.25) is 0 Å². The fraction of sp³-hybridized carbons (Fsp3) is 0.899. The third-order valence-corrected chi connectivity index (χ3v) is 18.2. The number of hydrogen-bond acceptors (Lipinski definition) is 5. The molecule has 0 aliphatic rings. The molecule has 2 unspecified atom stereocenters. The maximum Gasteiger partial charge on any atom is 0.305 e. The minimum atomic E-state index is -0.843. The van der Waals surface area contributed by atoms with Gasteiger partial charge < -0.3 is 20.3 Å². The Morgan fingerprint density at radius 3 is 0.918 bits per heavy atom. The first kappa shape index (κ1) is 83.1. The van der Waals surface area contributed by atoms with Crippen molar-refractivity contribution in [2.24, 2.45) is 0 Å². The van der Waals surface area contributed by atoms with Gasteiger partial charge in [-0.05, 0) is 64.2 Å². The van der Waals surface area contributed by atoms with E-state index in [0.29, 0.717) is 19.4 Å². The fourth-order valence-corrected chi connectivity index (χ4v) is 12.3. The van der Waals surface area contributed by atoms with Crippen molar-refractivity contribution in [2.45, 2.75) is 443 Å². The van der Waals surface area contributed by atoms with E-state index in [4.69, 9.17) is 4.74 Å². The van der Waals surface area contributed by atoms with Gasteiger partial charge in [0.1, 0.15) is 0 Å². The number of aliphatic hydroxyl groups is 2. The van der Waals surface area contributed by atoms with Gasteiger partial charge in [-0.3, -0.25) is 9.59 Å². The third kappa shape index (κ3) is 71.0. The van der Waals surface area contributed by atoms with E-state index in [2.05, 4.69) is 43.5 Å². The highest BCUT2D eigenvalue weighted by atomic mass is 16.5. The van der Waals surface area contributed by atoms with Gasteiger partial charge in [-0.15, -0.1) is 0 Å². The number of carbonyl (C=O) groups is 2. The summed E-state index contributed by atoms with van der Waals surface area (Å²) in [5, 5.41) is 23.3. The van der Waals surface area contributed by atoms with Crippen LogP contribution in [0.3, 0.4) is 0 Å². The van der Waals surface area contributed by atoms with Crippen LogP contribution in [-0.2, 0) is 14.3 Å². The molecule has 0 aromatic carbocycles. The predicted octanol–water partition coefficient (Wildman–Crippen LogP) is 25.4. The van der Waals surface area contributed by atoms with E-state index in [1.54, 1.807) is 6.08 Å². The second kappa shape index (κ2) is 74.5. The topological polar surface area (TPSA) is 95.9 Å². The molecule has 2 atom stereocenters. The summed E-state index contributed by atoms with van der Waals surface area (Å²) in [6.07, 6.45) is 96.8. The Morgan fingerprint density at radius 2 is 0.588 bits per heavy atom. The lowest BCUT2D eigenvalue weighted by Crippen LogP contribution is -2.45. The highest BCUT2D eigenvalue weighted by Crippen LogP contribution is 2.20. The Hall–Kier alpha value is -1.92. The number of unbranched alkanes of at least 4 members (excludes halogenated alkanes) is 58. The molecule has 85 heavy (non-hydrogen) atoms. The van der Waals surface area contributed by atoms with E-state index < -0.39 is 12.1 Å². The van der Waals surface area contributed by atoms with Crippen LogP contribution < -0.4 is 5.32 Å². The van der Waals surface area contributed by atoms with Crippen LogP contribution in [0.15, 0.2) is 36.5 Å². The Labute approximate surface area is 532 Å². The number of carbonyl (C=O) groups excluding carboxylic acids is 2. The van der Waals surface area contributed by atoms with Crippen molar-refractivity contribution in [2.75, 3.05) is 13.2 Å². The number of hydrogen-bond donors (Lipinski definition) is 3. The first-order chi connectivity index (χ1) is 42.0. The summed E-state index contributed by atoms with van der Waals surface area (Å²) in [7, 11) is 0. The molecule has 0 radical (unpaired) electrons. The maximum absolute atomic E-state index is 12.5. The molecule has 0 bridgehead atoms. The molecule has 0 spiro atoms. The highest BCUT2D eigenvalue weighted by Gasteiger charge is 2.18. The van der Waals surface area contributed by atoms with Crippen LogP contribution in [0.4, 0.5) is 0 Å². The van der Waals surface area contributed by atoms with Gasteiger partial charge >= 0.3 is 5.97 Å².